The van der Waals surface area contributed by atoms with E-state index < -0.39 is 22.5 Å². The van der Waals surface area contributed by atoms with Gasteiger partial charge in [0.2, 0.25) is 5.91 Å². The highest BCUT2D eigenvalue weighted by atomic mass is 32.2. The topological polar surface area (TPSA) is 83.6 Å². The van der Waals surface area contributed by atoms with Crippen molar-refractivity contribution < 1.29 is 18.0 Å². The maximum Gasteiger partial charge on any atom is 0.269 e. The molecule has 2 amide bonds. The Morgan fingerprint density at radius 2 is 1.65 bits per heavy atom. The summed E-state index contributed by atoms with van der Waals surface area (Å²) in [5, 5.41) is 3.14. The number of hydrogen-bond donors (Lipinski definition) is 1. The summed E-state index contributed by atoms with van der Waals surface area (Å²) in [6, 6.07) is 6.12. The Morgan fingerprint density at radius 1 is 1.08 bits per heavy atom. The summed E-state index contributed by atoms with van der Waals surface area (Å²) in [5.74, 6) is 1.08. The molecule has 1 heterocycles. The standard InChI is InChI=1S/C19H22N2O4S/c22-17(20-19-8-12-5-13(9-19)7-14(6-12)10-19)11-21-18(23)15-3-1-2-4-16(15)26(21,24)25/h1-4,12-14H,5-11H2,(H,20,22). The van der Waals surface area contributed by atoms with Crippen LogP contribution < -0.4 is 5.32 Å². The fraction of sp³-hybridized carbons (Fsp3) is 0.579. The maximum absolute atomic E-state index is 12.7. The zero-order valence-electron chi connectivity index (χ0n) is 14.5. The van der Waals surface area contributed by atoms with Gasteiger partial charge in [0.1, 0.15) is 11.4 Å². The van der Waals surface area contributed by atoms with Crippen molar-refractivity contribution in [3.63, 3.8) is 0 Å². The van der Waals surface area contributed by atoms with E-state index in [0.29, 0.717) is 22.1 Å². The van der Waals surface area contributed by atoms with Crippen molar-refractivity contribution in [3.8, 4) is 0 Å². The summed E-state index contributed by atoms with van der Waals surface area (Å²) in [6.45, 7) is -0.433. The molecule has 0 spiro atoms. The second kappa shape index (κ2) is 5.31. The van der Waals surface area contributed by atoms with Gasteiger partial charge in [0.25, 0.3) is 15.9 Å². The predicted octanol–water partition coefficient (Wildman–Crippen LogP) is 1.92. The molecule has 4 aliphatic carbocycles. The smallest absolute Gasteiger partial charge is 0.269 e. The molecule has 6 nitrogen and oxygen atoms in total. The highest BCUT2D eigenvalue weighted by molar-refractivity contribution is 7.90. The first-order valence-corrected chi connectivity index (χ1v) is 10.8. The van der Waals surface area contributed by atoms with Crippen LogP contribution >= 0.6 is 0 Å². The van der Waals surface area contributed by atoms with E-state index in [4.69, 9.17) is 0 Å². The number of nitrogens with zero attached hydrogens (tertiary/aromatic N) is 1. The van der Waals surface area contributed by atoms with Gasteiger partial charge in [-0.05, 0) is 68.4 Å². The molecular formula is C19H22N2O4S. The number of hydrogen-bond acceptors (Lipinski definition) is 4. The number of carbonyl (C=O) groups is 2. The summed E-state index contributed by atoms with van der Waals surface area (Å²) >= 11 is 0. The number of sulfonamides is 1. The van der Waals surface area contributed by atoms with Crippen molar-refractivity contribution >= 4 is 21.8 Å². The number of fused-ring (bicyclic) bond motifs is 1. The van der Waals surface area contributed by atoms with Crippen LogP contribution in [0, 0.1) is 17.8 Å². The Labute approximate surface area is 153 Å². The Balaban J connectivity index is 1.35. The minimum atomic E-state index is -3.93. The van der Waals surface area contributed by atoms with Gasteiger partial charge in [0.15, 0.2) is 0 Å². The van der Waals surface area contributed by atoms with E-state index in [2.05, 4.69) is 5.32 Å². The van der Waals surface area contributed by atoms with E-state index in [1.165, 1.54) is 31.4 Å². The normalized spacial score (nSPS) is 36.2. The zero-order valence-corrected chi connectivity index (χ0v) is 15.3. The van der Waals surface area contributed by atoms with E-state index in [1.807, 2.05) is 0 Å². The van der Waals surface area contributed by atoms with Gasteiger partial charge in [-0.1, -0.05) is 12.1 Å². The summed E-state index contributed by atoms with van der Waals surface area (Å²) in [5.41, 5.74) is -0.0410. The molecule has 6 rings (SSSR count). The van der Waals surface area contributed by atoms with E-state index in [9.17, 15) is 18.0 Å². The van der Waals surface area contributed by atoms with Crippen LogP contribution in [0.15, 0.2) is 29.2 Å². The summed E-state index contributed by atoms with van der Waals surface area (Å²) in [7, 11) is -3.93. The van der Waals surface area contributed by atoms with E-state index in [-0.39, 0.29) is 21.9 Å². The van der Waals surface area contributed by atoms with Gasteiger partial charge in [-0.3, -0.25) is 9.59 Å². The number of amides is 2. The van der Waals surface area contributed by atoms with Crippen molar-refractivity contribution in [1.82, 2.24) is 9.62 Å². The summed E-state index contributed by atoms with van der Waals surface area (Å²) in [6.07, 6.45) is 6.78. The van der Waals surface area contributed by atoms with E-state index in [0.717, 1.165) is 19.3 Å². The van der Waals surface area contributed by atoms with Crippen molar-refractivity contribution in [2.24, 2.45) is 17.8 Å². The van der Waals surface area contributed by atoms with Gasteiger partial charge in [-0.2, -0.15) is 0 Å². The molecule has 26 heavy (non-hydrogen) atoms. The first-order valence-electron chi connectivity index (χ1n) is 9.33. The van der Waals surface area contributed by atoms with Gasteiger partial charge >= 0.3 is 0 Å². The lowest BCUT2D eigenvalue weighted by atomic mass is 9.53. The Kier molecular flexibility index (Phi) is 3.33. The first kappa shape index (κ1) is 16.3. The van der Waals surface area contributed by atoms with Crippen molar-refractivity contribution in [2.75, 3.05) is 6.54 Å². The van der Waals surface area contributed by atoms with Crippen LogP contribution in [0.25, 0.3) is 0 Å². The highest BCUT2D eigenvalue weighted by Crippen LogP contribution is 2.55. The van der Waals surface area contributed by atoms with Gasteiger partial charge in [-0.25, -0.2) is 12.7 Å². The van der Waals surface area contributed by atoms with E-state index >= 15 is 0 Å². The zero-order chi connectivity index (χ0) is 18.1. The molecule has 1 aromatic carbocycles. The molecule has 0 saturated heterocycles. The second-order valence-electron chi connectivity index (χ2n) is 8.56. The number of nitrogens with one attached hydrogen (secondary N) is 1. The van der Waals surface area contributed by atoms with Crippen LogP contribution in [0.3, 0.4) is 0 Å². The average molecular weight is 374 g/mol. The monoisotopic (exact) mass is 374 g/mol. The molecule has 1 aliphatic heterocycles. The van der Waals surface area contributed by atoms with Crippen LogP contribution in [0.2, 0.25) is 0 Å². The van der Waals surface area contributed by atoms with Crippen LogP contribution in [-0.2, 0) is 14.8 Å². The lowest BCUT2D eigenvalue weighted by Crippen LogP contribution is -2.61. The predicted molar refractivity (Wildman–Crippen MR) is 93.7 cm³/mol. The van der Waals surface area contributed by atoms with Gasteiger partial charge in [0.05, 0.1) is 5.56 Å². The van der Waals surface area contributed by atoms with Gasteiger partial charge in [-0.15, -0.1) is 0 Å². The van der Waals surface area contributed by atoms with Gasteiger partial charge < -0.3 is 5.32 Å². The fourth-order valence-electron chi connectivity index (χ4n) is 6.12. The Morgan fingerprint density at radius 3 is 2.23 bits per heavy atom. The molecule has 4 bridgehead atoms. The lowest BCUT2D eigenvalue weighted by Gasteiger charge is -2.56. The quantitative estimate of drug-likeness (QED) is 0.876. The van der Waals surface area contributed by atoms with Crippen molar-refractivity contribution in [1.29, 1.82) is 0 Å². The average Bonchev–Trinajstić information content (AvgIpc) is 2.74. The first-order chi connectivity index (χ1) is 12.4. The van der Waals surface area contributed by atoms with Crippen LogP contribution in [0.1, 0.15) is 48.9 Å². The molecule has 1 aromatic rings. The largest absolute Gasteiger partial charge is 0.349 e. The number of carbonyl (C=O) groups excluding carboxylic acids is 2. The highest BCUT2D eigenvalue weighted by Gasteiger charge is 2.52. The third-order valence-electron chi connectivity index (χ3n) is 6.64. The molecule has 1 N–H and O–H groups in total. The molecule has 138 valence electrons. The fourth-order valence-corrected chi connectivity index (χ4v) is 7.64. The summed E-state index contributed by atoms with van der Waals surface area (Å²) in [4.78, 5) is 25.2. The molecule has 7 heteroatoms. The molecular weight excluding hydrogens is 352 g/mol. The molecule has 4 saturated carbocycles. The van der Waals surface area contributed by atoms with E-state index in [1.54, 1.807) is 12.1 Å². The molecule has 0 radical (unpaired) electrons. The Bertz CT molecular complexity index is 873. The van der Waals surface area contributed by atoms with Crippen molar-refractivity contribution in [2.45, 2.75) is 49.0 Å². The summed E-state index contributed by atoms with van der Waals surface area (Å²) < 4.78 is 26.0. The maximum atomic E-state index is 12.7. The van der Waals surface area contributed by atoms with Crippen molar-refractivity contribution in [3.05, 3.63) is 29.8 Å². The molecule has 4 fully saturated rings. The second-order valence-corrected chi connectivity index (χ2v) is 10.4. The molecule has 0 aromatic heterocycles. The molecule has 5 aliphatic rings. The third kappa shape index (κ3) is 2.32. The third-order valence-corrected chi connectivity index (χ3v) is 8.43. The Hall–Kier alpha value is -1.89. The minimum absolute atomic E-state index is 0.00685. The molecule has 0 unspecified atom stereocenters. The number of rotatable bonds is 3. The number of benzene rings is 1. The van der Waals surface area contributed by atoms with Crippen LogP contribution in [-0.4, -0.2) is 36.6 Å². The van der Waals surface area contributed by atoms with Crippen LogP contribution in [0.5, 0.6) is 0 Å². The SMILES string of the molecule is O=C(CN1C(=O)c2ccccc2S1(=O)=O)NC12CC3CC(CC(C3)C1)C2. The minimum Gasteiger partial charge on any atom is -0.349 e. The lowest BCUT2D eigenvalue weighted by molar-refractivity contribution is -0.126. The van der Waals surface area contributed by atoms with Gasteiger partial charge in [0, 0.05) is 5.54 Å². The van der Waals surface area contributed by atoms with Crippen LogP contribution in [0.4, 0.5) is 0 Å². The molecule has 0 atom stereocenters.